The molecule has 12 heavy (non-hydrogen) atoms. The van der Waals surface area contributed by atoms with Gasteiger partial charge in [0.25, 0.3) is 0 Å². The van der Waals surface area contributed by atoms with Crippen LogP contribution in [0.15, 0.2) is 45.6 Å². The normalized spacial score (nSPS) is 10.8. The van der Waals surface area contributed by atoms with E-state index in [1.807, 2.05) is 0 Å². The van der Waals surface area contributed by atoms with Gasteiger partial charge in [-0.15, -0.1) is 0 Å². The van der Waals surface area contributed by atoms with Crippen LogP contribution in [0.4, 0.5) is 0 Å². The van der Waals surface area contributed by atoms with Crippen LogP contribution in [0.5, 0.6) is 0 Å². The van der Waals surface area contributed by atoms with E-state index in [1.165, 1.54) is 12.5 Å². The van der Waals surface area contributed by atoms with Gasteiger partial charge >= 0.3 is 0 Å². The van der Waals surface area contributed by atoms with E-state index in [2.05, 4.69) is 0 Å². The standard InChI is InChI=1S/C8H7O3P/c9-12(7-3-1-5-10-7)8-4-2-6-11-8/h1-6,12H. The van der Waals surface area contributed by atoms with Gasteiger partial charge in [0.05, 0.1) is 12.5 Å². The molecule has 0 radical (unpaired) electrons. The van der Waals surface area contributed by atoms with Gasteiger partial charge in [-0.25, -0.2) is 0 Å². The lowest BCUT2D eigenvalue weighted by atomic mass is 10.7. The summed E-state index contributed by atoms with van der Waals surface area (Å²) in [5, 5.41) is 0. The number of hydrogen-bond acceptors (Lipinski definition) is 3. The Morgan fingerprint density at radius 1 is 1.00 bits per heavy atom. The van der Waals surface area contributed by atoms with E-state index in [0.717, 1.165) is 0 Å². The molecule has 0 unspecified atom stereocenters. The van der Waals surface area contributed by atoms with Crippen LogP contribution in [0.1, 0.15) is 0 Å². The summed E-state index contributed by atoms with van der Waals surface area (Å²) in [6, 6.07) is 6.79. The molecule has 0 aliphatic carbocycles. The Bertz CT molecular complexity index is 325. The molecule has 0 N–H and O–H groups in total. The minimum absolute atomic E-state index is 0.481. The molecule has 62 valence electrons. The summed E-state index contributed by atoms with van der Waals surface area (Å²) < 4.78 is 21.5. The van der Waals surface area contributed by atoms with Gasteiger partial charge in [0, 0.05) is 0 Å². The Morgan fingerprint density at radius 3 is 1.83 bits per heavy atom. The lowest BCUT2D eigenvalue weighted by molar-refractivity contribution is 0.557. The first-order valence-electron chi connectivity index (χ1n) is 3.49. The first-order chi connectivity index (χ1) is 5.88. The van der Waals surface area contributed by atoms with Crippen molar-refractivity contribution < 1.29 is 13.4 Å². The average Bonchev–Trinajstić information content (AvgIpc) is 2.77. The summed E-state index contributed by atoms with van der Waals surface area (Å²) in [6.07, 6.45) is 3.00. The minimum Gasteiger partial charge on any atom is -0.461 e. The van der Waals surface area contributed by atoms with Crippen LogP contribution in [-0.4, -0.2) is 0 Å². The van der Waals surface area contributed by atoms with Crippen molar-refractivity contribution >= 4 is 18.8 Å². The zero-order valence-electron chi connectivity index (χ0n) is 6.19. The molecule has 2 heterocycles. The topological polar surface area (TPSA) is 43.4 Å². The van der Waals surface area contributed by atoms with E-state index in [9.17, 15) is 4.57 Å². The summed E-state index contributed by atoms with van der Waals surface area (Å²) in [4.78, 5) is 0. The molecule has 2 aromatic rings. The second kappa shape index (κ2) is 3.03. The van der Waals surface area contributed by atoms with E-state index in [1.54, 1.807) is 24.3 Å². The predicted octanol–water partition coefficient (Wildman–Crippen LogP) is 1.38. The molecule has 0 aliphatic rings. The van der Waals surface area contributed by atoms with Gasteiger partial charge in [-0.1, -0.05) is 0 Å². The van der Waals surface area contributed by atoms with E-state index in [-0.39, 0.29) is 0 Å². The van der Waals surface area contributed by atoms with Crippen molar-refractivity contribution in [2.24, 2.45) is 0 Å². The smallest absolute Gasteiger partial charge is 0.199 e. The van der Waals surface area contributed by atoms with E-state index in [0.29, 0.717) is 11.0 Å². The van der Waals surface area contributed by atoms with Crippen molar-refractivity contribution in [1.82, 2.24) is 0 Å². The third kappa shape index (κ3) is 1.23. The van der Waals surface area contributed by atoms with Crippen molar-refractivity contribution in [1.29, 1.82) is 0 Å². The second-order valence-corrected chi connectivity index (χ2v) is 3.93. The van der Waals surface area contributed by atoms with Gasteiger partial charge in [0.2, 0.25) is 0 Å². The maximum absolute atomic E-state index is 11.6. The van der Waals surface area contributed by atoms with Crippen LogP contribution in [-0.2, 0) is 4.57 Å². The molecule has 0 bridgehead atoms. The zero-order chi connectivity index (χ0) is 8.39. The molecule has 0 saturated carbocycles. The quantitative estimate of drug-likeness (QED) is 0.659. The number of rotatable bonds is 2. The third-order valence-corrected chi connectivity index (χ3v) is 2.95. The third-order valence-electron chi connectivity index (χ3n) is 1.49. The SMILES string of the molecule is O=[PH](c1ccco1)c1ccco1. The molecule has 0 amide bonds. The largest absolute Gasteiger partial charge is 0.461 e. The van der Waals surface area contributed by atoms with Crippen LogP contribution < -0.4 is 11.0 Å². The Morgan fingerprint density at radius 2 is 1.50 bits per heavy atom. The van der Waals surface area contributed by atoms with Crippen LogP contribution in [0.2, 0.25) is 0 Å². The Hall–Kier alpha value is -1.21. The van der Waals surface area contributed by atoms with Gasteiger partial charge < -0.3 is 13.4 Å². The average molecular weight is 182 g/mol. The lowest BCUT2D eigenvalue weighted by Gasteiger charge is -1.91. The molecular formula is C8H7O3P. The predicted molar refractivity (Wildman–Crippen MR) is 45.7 cm³/mol. The fraction of sp³-hybridized carbons (Fsp3) is 0. The highest BCUT2D eigenvalue weighted by molar-refractivity contribution is 7.60. The van der Waals surface area contributed by atoms with E-state index >= 15 is 0 Å². The fourth-order valence-corrected chi connectivity index (χ4v) is 2.03. The Balaban J connectivity index is 2.34. The molecule has 3 nitrogen and oxygen atoms in total. The summed E-state index contributed by atoms with van der Waals surface area (Å²) in [7, 11) is -2.04. The van der Waals surface area contributed by atoms with Crippen LogP contribution in [0.3, 0.4) is 0 Å². The Labute approximate surface area is 69.8 Å². The summed E-state index contributed by atoms with van der Waals surface area (Å²) >= 11 is 0. The molecule has 0 saturated heterocycles. The minimum atomic E-state index is -2.04. The molecule has 0 aliphatic heterocycles. The monoisotopic (exact) mass is 182 g/mol. The fourth-order valence-electron chi connectivity index (χ4n) is 0.937. The van der Waals surface area contributed by atoms with Crippen molar-refractivity contribution in [2.75, 3.05) is 0 Å². The summed E-state index contributed by atoms with van der Waals surface area (Å²) in [5.41, 5.74) is 0.963. The van der Waals surface area contributed by atoms with Gasteiger partial charge in [-0.3, -0.25) is 0 Å². The van der Waals surface area contributed by atoms with Gasteiger partial charge in [0.15, 0.2) is 18.8 Å². The van der Waals surface area contributed by atoms with Gasteiger partial charge in [-0.2, -0.15) is 0 Å². The first kappa shape index (κ1) is 7.44. The van der Waals surface area contributed by atoms with Crippen molar-refractivity contribution in [3.05, 3.63) is 36.8 Å². The highest BCUT2D eigenvalue weighted by atomic mass is 31.1. The summed E-state index contributed by atoms with van der Waals surface area (Å²) in [6.45, 7) is 0. The molecule has 0 spiro atoms. The van der Waals surface area contributed by atoms with Gasteiger partial charge in [-0.05, 0) is 24.3 Å². The van der Waals surface area contributed by atoms with Crippen LogP contribution >= 0.6 is 7.80 Å². The Kier molecular flexibility index (Phi) is 1.88. The zero-order valence-corrected chi connectivity index (χ0v) is 7.19. The molecule has 2 rings (SSSR count). The number of furan rings is 2. The van der Waals surface area contributed by atoms with Crippen molar-refractivity contribution in [3.63, 3.8) is 0 Å². The van der Waals surface area contributed by atoms with E-state index < -0.39 is 7.80 Å². The van der Waals surface area contributed by atoms with Crippen molar-refractivity contribution in [3.8, 4) is 0 Å². The maximum atomic E-state index is 11.6. The first-order valence-corrected chi connectivity index (χ1v) is 4.90. The number of hydrogen-bond donors (Lipinski definition) is 0. The van der Waals surface area contributed by atoms with E-state index in [4.69, 9.17) is 8.83 Å². The van der Waals surface area contributed by atoms with Crippen LogP contribution in [0, 0.1) is 0 Å². The highest BCUT2D eigenvalue weighted by Crippen LogP contribution is 2.19. The highest BCUT2D eigenvalue weighted by Gasteiger charge is 2.10. The second-order valence-electron chi connectivity index (χ2n) is 2.28. The van der Waals surface area contributed by atoms with Gasteiger partial charge in [0.1, 0.15) is 0 Å². The summed E-state index contributed by atoms with van der Waals surface area (Å²) in [5.74, 6) is 0. The molecule has 0 atom stereocenters. The lowest BCUT2D eigenvalue weighted by Crippen LogP contribution is -2.00. The molecule has 0 aromatic carbocycles. The van der Waals surface area contributed by atoms with Crippen LogP contribution in [0.25, 0.3) is 0 Å². The molecule has 2 aromatic heterocycles. The maximum Gasteiger partial charge on any atom is 0.199 e. The molecular weight excluding hydrogens is 175 g/mol. The van der Waals surface area contributed by atoms with Crippen molar-refractivity contribution in [2.45, 2.75) is 0 Å². The molecule has 4 heteroatoms. The molecule has 0 fully saturated rings.